The molecule has 8 heteroatoms. The number of urea groups is 1. The Morgan fingerprint density at radius 1 is 1.30 bits per heavy atom. The summed E-state index contributed by atoms with van der Waals surface area (Å²) in [6.45, 7) is 0.0686. The summed E-state index contributed by atoms with van der Waals surface area (Å²) in [5.41, 5.74) is 5.02. The van der Waals surface area contributed by atoms with Crippen LogP contribution < -0.4 is 5.73 Å². The number of amides is 3. The van der Waals surface area contributed by atoms with Gasteiger partial charge in [0.15, 0.2) is 0 Å². The Balaban J connectivity index is 2.56. The number of aliphatic carboxylic acids is 1. The maximum Gasteiger partial charge on any atom is 0.323 e. The lowest BCUT2D eigenvalue weighted by molar-refractivity contribution is -0.138. The Labute approximate surface area is 117 Å². The summed E-state index contributed by atoms with van der Waals surface area (Å²) < 4.78 is 5.52. The Morgan fingerprint density at radius 2 is 2.00 bits per heavy atom. The number of carbonyl (C=O) groups excluding carboxylic acids is 2. The van der Waals surface area contributed by atoms with Gasteiger partial charge in [0.1, 0.15) is 13.1 Å². The molecule has 20 heavy (non-hydrogen) atoms. The van der Waals surface area contributed by atoms with E-state index in [1.807, 2.05) is 0 Å². The zero-order valence-corrected chi connectivity index (χ0v) is 11.6. The second-order valence-corrected chi connectivity index (χ2v) is 4.87. The van der Waals surface area contributed by atoms with E-state index < -0.39 is 31.0 Å². The minimum absolute atomic E-state index is 0.0436. The minimum atomic E-state index is -1.19. The molecular formula is C12H21N3O5. The third-order valence-electron chi connectivity index (χ3n) is 3.02. The van der Waals surface area contributed by atoms with Crippen LogP contribution in [0.3, 0.4) is 0 Å². The number of carboxylic acid groups (broad SMARTS) is 1. The van der Waals surface area contributed by atoms with Crippen LogP contribution in [0.25, 0.3) is 0 Å². The van der Waals surface area contributed by atoms with Gasteiger partial charge in [-0.2, -0.15) is 0 Å². The fourth-order valence-electron chi connectivity index (χ4n) is 2.12. The van der Waals surface area contributed by atoms with Crippen molar-refractivity contribution >= 4 is 17.9 Å². The normalized spacial score (nSPS) is 18.4. The average molecular weight is 287 g/mol. The van der Waals surface area contributed by atoms with Crippen LogP contribution in [0.15, 0.2) is 0 Å². The molecule has 8 nitrogen and oxygen atoms in total. The van der Waals surface area contributed by atoms with Crippen molar-refractivity contribution in [1.82, 2.24) is 9.80 Å². The van der Waals surface area contributed by atoms with Gasteiger partial charge in [-0.05, 0) is 19.3 Å². The molecule has 0 spiro atoms. The molecular weight excluding hydrogens is 266 g/mol. The first kappa shape index (κ1) is 16.2. The van der Waals surface area contributed by atoms with Crippen molar-refractivity contribution < 1.29 is 24.2 Å². The van der Waals surface area contributed by atoms with Crippen LogP contribution in [0.5, 0.6) is 0 Å². The molecule has 1 saturated heterocycles. The second-order valence-electron chi connectivity index (χ2n) is 4.87. The summed E-state index contributed by atoms with van der Waals surface area (Å²) >= 11 is 0. The molecule has 1 aliphatic heterocycles. The second kappa shape index (κ2) is 7.68. The summed E-state index contributed by atoms with van der Waals surface area (Å²) in [7, 11) is 1.55. The molecule has 1 fully saturated rings. The third kappa shape index (κ3) is 5.43. The molecule has 0 aromatic rings. The number of hydrogen-bond donors (Lipinski definition) is 2. The Hall–Kier alpha value is -1.83. The lowest BCUT2D eigenvalue weighted by atomic mass is 10.1. The summed E-state index contributed by atoms with van der Waals surface area (Å²) in [6.07, 6.45) is 2.89. The number of likely N-dealkylation sites (N-methyl/N-ethyl adjacent to an activating group) is 1. The minimum Gasteiger partial charge on any atom is -0.480 e. The molecule has 1 aliphatic rings. The van der Waals surface area contributed by atoms with E-state index in [4.69, 9.17) is 15.6 Å². The lowest BCUT2D eigenvalue weighted by Crippen LogP contribution is -2.49. The van der Waals surface area contributed by atoms with Crippen molar-refractivity contribution in [2.75, 3.05) is 33.3 Å². The van der Waals surface area contributed by atoms with Crippen molar-refractivity contribution in [3.8, 4) is 0 Å². The zero-order valence-electron chi connectivity index (χ0n) is 11.6. The van der Waals surface area contributed by atoms with Crippen LogP contribution in [0.2, 0.25) is 0 Å². The van der Waals surface area contributed by atoms with E-state index in [1.54, 1.807) is 7.05 Å². The van der Waals surface area contributed by atoms with Crippen LogP contribution >= 0.6 is 0 Å². The smallest absolute Gasteiger partial charge is 0.323 e. The van der Waals surface area contributed by atoms with E-state index in [1.165, 1.54) is 4.90 Å². The number of rotatable bonds is 6. The average Bonchev–Trinajstić information content (AvgIpc) is 2.37. The fourth-order valence-corrected chi connectivity index (χ4v) is 2.12. The molecule has 1 unspecified atom stereocenters. The molecule has 1 atom stereocenters. The number of carboxylic acids is 1. The van der Waals surface area contributed by atoms with E-state index in [2.05, 4.69) is 0 Å². The van der Waals surface area contributed by atoms with Gasteiger partial charge in [-0.1, -0.05) is 0 Å². The van der Waals surface area contributed by atoms with Gasteiger partial charge in [0, 0.05) is 20.2 Å². The van der Waals surface area contributed by atoms with Gasteiger partial charge in [-0.15, -0.1) is 0 Å². The number of hydrogen-bond acceptors (Lipinski definition) is 4. The first-order valence-electron chi connectivity index (χ1n) is 6.52. The maximum atomic E-state index is 12.1. The number of nitrogens with two attached hydrogens (primary N) is 1. The lowest BCUT2D eigenvalue weighted by Gasteiger charge is -2.30. The highest BCUT2D eigenvalue weighted by Gasteiger charge is 2.25. The predicted molar refractivity (Wildman–Crippen MR) is 70.0 cm³/mol. The van der Waals surface area contributed by atoms with E-state index in [-0.39, 0.29) is 6.10 Å². The largest absolute Gasteiger partial charge is 0.480 e. The van der Waals surface area contributed by atoms with Gasteiger partial charge in [-0.25, -0.2) is 4.79 Å². The molecule has 0 aromatic heterocycles. The summed E-state index contributed by atoms with van der Waals surface area (Å²) in [4.78, 5) is 36.0. The Morgan fingerprint density at radius 3 is 2.50 bits per heavy atom. The van der Waals surface area contributed by atoms with Crippen molar-refractivity contribution in [3.63, 3.8) is 0 Å². The monoisotopic (exact) mass is 287 g/mol. The van der Waals surface area contributed by atoms with Gasteiger partial charge >= 0.3 is 12.0 Å². The Bertz CT molecular complexity index is 352. The molecule has 0 bridgehead atoms. The molecule has 114 valence electrons. The van der Waals surface area contributed by atoms with Gasteiger partial charge in [0.2, 0.25) is 5.91 Å². The van der Waals surface area contributed by atoms with E-state index in [0.717, 1.165) is 24.2 Å². The van der Waals surface area contributed by atoms with Crippen molar-refractivity contribution in [2.24, 2.45) is 5.73 Å². The van der Waals surface area contributed by atoms with E-state index in [0.29, 0.717) is 13.2 Å². The van der Waals surface area contributed by atoms with Gasteiger partial charge in [-0.3, -0.25) is 9.59 Å². The molecule has 0 radical (unpaired) electrons. The van der Waals surface area contributed by atoms with Gasteiger partial charge < -0.3 is 25.4 Å². The number of carbonyl (C=O) groups is 3. The Kier molecular flexibility index (Phi) is 6.23. The highest BCUT2D eigenvalue weighted by atomic mass is 16.5. The standard InChI is InChI=1S/C12H21N3O5/c1-14(6-9-4-2-3-5-20-9)12(19)15(7-10(13)16)8-11(17)18/h9H,2-8H2,1H3,(H2,13,16)(H,17,18). The highest BCUT2D eigenvalue weighted by molar-refractivity contribution is 5.85. The van der Waals surface area contributed by atoms with E-state index >= 15 is 0 Å². The van der Waals surface area contributed by atoms with Crippen molar-refractivity contribution in [1.29, 1.82) is 0 Å². The van der Waals surface area contributed by atoms with Crippen LogP contribution in [0, 0.1) is 0 Å². The molecule has 3 amide bonds. The third-order valence-corrected chi connectivity index (χ3v) is 3.02. The SMILES string of the molecule is CN(CC1CCCCO1)C(=O)N(CC(N)=O)CC(=O)O. The first-order chi connectivity index (χ1) is 9.40. The maximum absolute atomic E-state index is 12.1. The van der Waals surface area contributed by atoms with Crippen molar-refractivity contribution in [3.05, 3.63) is 0 Å². The van der Waals surface area contributed by atoms with Gasteiger partial charge in [0.05, 0.1) is 6.10 Å². The zero-order chi connectivity index (χ0) is 15.1. The number of nitrogens with zero attached hydrogens (tertiary/aromatic N) is 2. The van der Waals surface area contributed by atoms with Crippen LogP contribution in [-0.4, -0.2) is 72.2 Å². The van der Waals surface area contributed by atoms with Crippen LogP contribution in [0.4, 0.5) is 4.79 Å². The molecule has 0 saturated carbocycles. The van der Waals surface area contributed by atoms with Crippen LogP contribution in [0.1, 0.15) is 19.3 Å². The highest BCUT2D eigenvalue weighted by Crippen LogP contribution is 2.14. The molecule has 1 rings (SSSR count). The summed E-state index contributed by atoms with van der Waals surface area (Å²) in [5.74, 6) is -1.94. The van der Waals surface area contributed by atoms with Crippen molar-refractivity contribution in [2.45, 2.75) is 25.4 Å². The topological polar surface area (TPSA) is 113 Å². The molecule has 0 aromatic carbocycles. The summed E-state index contributed by atoms with van der Waals surface area (Å²) in [6, 6.07) is -0.541. The molecule has 3 N–H and O–H groups in total. The quantitative estimate of drug-likeness (QED) is 0.682. The number of primary amides is 1. The van der Waals surface area contributed by atoms with E-state index in [9.17, 15) is 14.4 Å². The van der Waals surface area contributed by atoms with Crippen LogP contribution in [-0.2, 0) is 14.3 Å². The predicted octanol–water partition coefficient (Wildman–Crippen LogP) is -0.521. The van der Waals surface area contributed by atoms with Gasteiger partial charge in [0.25, 0.3) is 0 Å². The fraction of sp³-hybridized carbons (Fsp3) is 0.750. The molecule has 1 heterocycles. The summed E-state index contributed by atoms with van der Waals surface area (Å²) in [5, 5.41) is 8.76. The number of ether oxygens (including phenoxy) is 1. The first-order valence-corrected chi connectivity index (χ1v) is 6.52. The molecule has 0 aliphatic carbocycles.